The van der Waals surface area contributed by atoms with Gasteiger partial charge >= 0.3 is 11.8 Å². The normalized spacial score (nSPS) is 11.1. The minimum atomic E-state index is -0.313. The molecule has 0 saturated carbocycles. The fourth-order valence-corrected chi connectivity index (χ4v) is 2.31. The van der Waals surface area contributed by atoms with Gasteiger partial charge in [0.25, 0.3) is 0 Å². The van der Waals surface area contributed by atoms with Gasteiger partial charge in [-0.05, 0) is 41.7 Å². The summed E-state index contributed by atoms with van der Waals surface area (Å²) in [5.41, 5.74) is 1.86. The van der Waals surface area contributed by atoms with E-state index in [-0.39, 0.29) is 17.5 Å². The lowest BCUT2D eigenvalue weighted by molar-refractivity contribution is -0.352. The molecule has 0 atom stereocenters. The lowest BCUT2D eigenvalue weighted by Crippen LogP contribution is -2.62. The summed E-state index contributed by atoms with van der Waals surface area (Å²) < 4.78 is 10.6. The molecule has 3 rings (SSSR count). The third-order valence-electron chi connectivity index (χ3n) is 3.30. The molecular weight excluding hydrogens is 330 g/mol. The number of nitrogens with zero attached hydrogens (tertiary/aromatic N) is 2. The second-order valence-electron chi connectivity index (χ2n) is 5.06. The Morgan fingerprint density at radius 1 is 1.29 bits per heavy atom. The van der Waals surface area contributed by atoms with Gasteiger partial charge in [-0.15, -0.1) is 0 Å². The number of hydrogen-bond donors (Lipinski definition) is 2. The summed E-state index contributed by atoms with van der Waals surface area (Å²) in [6, 6.07) is 8.82. The minimum absolute atomic E-state index is 0.206. The van der Waals surface area contributed by atoms with Crippen molar-refractivity contribution in [2.75, 3.05) is 7.11 Å². The summed E-state index contributed by atoms with van der Waals surface area (Å²) in [5, 5.41) is 10.5. The zero-order valence-corrected chi connectivity index (χ0v) is 13.8. The lowest BCUT2D eigenvalue weighted by Gasteiger charge is -2.04. The molecule has 0 aliphatic carbocycles. The molecule has 2 aromatic heterocycles. The quantitative estimate of drug-likeness (QED) is 0.709. The maximum absolute atomic E-state index is 9.96. The summed E-state index contributed by atoms with van der Waals surface area (Å²) in [6.07, 6.45) is 3.21. The van der Waals surface area contributed by atoms with Crippen LogP contribution in [0.15, 0.2) is 40.9 Å². The van der Waals surface area contributed by atoms with Gasteiger partial charge in [-0.1, -0.05) is 11.6 Å². The first kappa shape index (κ1) is 16.0. The number of hydrogen-bond acceptors (Lipinski definition) is 5. The van der Waals surface area contributed by atoms with Crippen LogP contribution in [0, 0.1) is 6.92 Å². The topological polar surface area (TPSA) is 82.4 Å². The summed E-state index contributed by atoms with van der Waals surface area (Å²) in [5.74, 6) is 1.07. The minimum Gasteiger partial charge on any atom is -0.496 e. The van der Waals surface area contributed by atoms with E-state index < -0.39 is 0 Å². The number of oxazole rings is 1. The molecule has 24 heavy (non-hydrogen) atoms. The van der Waals surface area contributed by atoms with Crippen molar-refractivity contribution in [2.45, 2.75) is 6.92 Å². The molecule has 0 aliphatic rings. The van der Waals surface area contributed by atoms with Gasteiger partial charge in [0.2, 0.25) is 5.89 Å². The van der Waals surface area contributed by atoms with Crippen molar-refractivity contribution >= 4 is 23.6 Å². The molecule has 0 fully saturated rings. The Labute approximate surface area is 143 Å². The lowest BCUT2D eigenvalue weighted by atomic mass is 10.2. The number of nitrogens with one attached hydrogen (secondary N) is 1. The van der Waals surface area contributed by atoms with Crippen molar-refractivity contribution in [3.8, 4) is 23.1 Å². The van der Waals surface area contributed by atoms with Gasteiger partial charge in [-0.2, -0.15) is 0 Å². The monoisotopic (exact) mass is 344 g/mol. The average Bonchev–Trinajstić information content (AvgIpc) is 2.94. The van der Waals surface area contributed by atoms with Gasteiger partial charge < -0.3 is 14.3 Å². The van der Waals surface area contributed by atoms with Crippen LogP contribution in [0.3, 0.4) is 0 Å². The fraction of sp³-hybridized carbons (Fsp3) is 0.118. The van der Waals surface area contributed by atoms with Gasteiger partial charge in [0, 0.05) is 11.1 Å². The van der Waals surface area contributed by atoms with E-state index in [9.17, 15) is 5.11 Å². The number of methoxy groups -OCH3 is 1. The summed E-state index contributed by atoms with van der Waals surface area (Å²) in [4.78, 5) is 11.4. The molecule has 0 bridgehead atoms. The van der Waals surface area contributed by atoms with Crippen molar-refractivity contribution in [3.63, 3.8) is 0 Å². The van der Waals surface area contributed by atoms with Crippen LogP contribution in [0.5, 0.6) is 11.7 Å². The van der Waals surface area contributed by atoms with Gasteiger partial charge in [-0.25, -0.2) is 9.98 Å². The van der Waals surface area contributed by atoms with Crippen LogP contribution in [0.1, 0.15) is 11.3 Å². The number of ether oxygens (including phenoxy) is 1. The summed E-state index contributed by atoms with van der Waals surface area (Å²) >= 11 is 6.01. The third kappa shape index (κ3) is 3.38. The van der Waals surface area contributed by atoms with Gasteiger partial charge in [0.05, 0.1) is 12.7 Å². The van der Waals surface area contributed by atoms with Crippen molar-refractivity contribution in [2.24, 2.45) is 0 Å². The van der Waals surface area contributed by atoms with Crippen molar-refractivity contribution in [1.82, 2.24) is 9.97 Å². The summed E-state index contributed by atoms with van der Waals surface area (Å²) in [7, 11) is 1.54. The molecular formula is C17H15ClN3O3+. The predicted molar refractivity (Wildman–Crippen MR) is 89.9 cm³/mol. The Bertz CT molecular complexity index is 906. The van der Waals surface area contributed by atoms with Crippen LogP contribution in [-0.4, -0.2) is 28.4 Å². The molecule has 0 saturated heterocycles. The first-order valence-corrected chi connectivity index (χ1v) is 7.50. The predicted octanol–water partition coefficient (Wildman–Crippen LogP) is 2.24. The highest BCUT2D eigenvalue weighted by molar-refractivity contribution is 6.30. The van der Waals surface area contributed by atoms with Gasteiger partial charge in [0.1, 0.15) is 18.2 Å². The maximum Gasteiger partial charge on any atom is 0.321 e. The number of aromatic nitrogens is 2. The van der Waals surface area contributed by atoms with E-state index in [0.29, 0.717) is 22.2 Å². The Balaban J connectivity index is 1.95. The molecule has 0 aliphatic heterocycles. The van der Waals surface area contributed by atoms with E-state index in [1.54, 1.807) is 24.4 Å². The first-order chi connectivity index (χ1) is 11.6. The van der Waals surface area contributed by atoms with E-state index in [4.69, 9.17) is 20.8 Å². The largest absolute Gasteiger partial charge is 0.496 e. The standard InChI is InChI=1S/C17H14ClN3O3/c1-10-5-6-19-15(7-10)20-9-13-17(22)24-16(21-13)12-8-11(18)3-4-14(12)23-2/h3-9,22H,1-2H3/p+1. The van der Waals surface area contributed by atoms with Crippen molar-refractivity contribution in [3.05, 3.63) is 52.8 Å². The van der Waals surface area contributed by atoms with Crippen LogP contribution >= 0.6 is 11.6 Å². The Morgan fingerprint density at radius 2 is 2.12 bits per heavy atom. The number of pyridine rings is 1. The Hall–Kier alpha value is -2.86. The van der Waals surface area contributed by atoms with Crippen LogP contribution < -0.4 is 9.73 Å². The zero-order chi connectivity index (χ0) is 17.1. The summed E-state index contributed by atoms with van der Waals surface area (Å²) in [6.45, 7) is 1.96. The van der Waals surface area contributed by atoms with Crippen LogP contribution in [0.25, 0.3) is 11.5 Å². The average molecular weight is 345 g/mol. The molecule has 7 heteroatoms. The second-order valence-corrected chi connectivity index (χ2v) is 5.50. The molecule has 2 heterocycles. The molecule has 3 aromatic rings. The highest BCUT2D eigenvalue weighted by atomic mass is 35.5. The third-order valence-corrected chi connectivity index (χ3v) is 3.53. The zero-order valence-electron chi connectivity index (χ0n) is 13.1. The van der Waals surface area contributed by atoms with E-state index in [1.165, 1.54) is 13.3 Å². The van der Waals surface area contributed by atoms with Gasteiger partial charge in [-0.3, -0.25) is 0 Å². The fourth-order valence-electron chi connectivity index (χ4n) is 2.14. The number of benzene rings is 1. The van der Waals surface area contributed by atoms with E-state index in [2.05, 4.69) is 15.0 Å². The molecule has 0 spiro atoms. The maximum atomic E-state index is 9.96. The number of rotatable bonds is 4. The molecule has 1 aromatic carbocycles. The van der Waals surface area contributed by atoms with E-state index in [1.807, 2.05) is 19.1 Å². The Kier molecular flexibility index (Phi) is 4.48. The smallest absolute Gasteiger partial charge is 0.321 e. The second kappa shape index (κ2) is 6.72. The SMILES string of the molecule is COc1ccc(Cl)cc1-c1nc(C=[NH+]c2cc(C)ccn2)c(O)o1. The Morgan fingerprint density at radius 3 is 2.88 bits per heavy atom. The number of aryl methyl sites for hydroxylation is 1. The van der Waals surface area contributed by atoms with Crippen LogP contribution in [0.2, 0.25) is 5.02 Å². The molecule has 0 amide bonds. The van der Waals surface area contributed by atoms with E-state index in [0.717, 1.165) is 5.56 Å². The van der Waals surface area contributed by atoms with Crippen molar-refractivity contribution < 1.29 is 19.3 Å². The number of halogens is 1. The number of aromatic hydroxyl groups is 1. The molecule has 122 valence electrons. The molecule has 0 radical (unpaired) electrons. The molecule has 2 N–H and O–H groups in total. The van der Waals surface area contributed by atoms with Crippen LogP contribution in [0.4, 0.5) is 5.82 Å². The van der Waals surface area contributed by atoms with E-state index >= 15 is 0 Å². The van der Waals surface area contributed by atoms with Crippen molar-refractivity contribution in [1.29, 1.82) is 0 Å². The highest BCUT2D eigenvalue weighted by Crippen LogP contribution is 2.34. The first-order valence-electron chi connectivity index (χ1n) is 7.13. The molecule has 0 unspecified atom stereocenters. The highest BCUT2D eigenvalue weighted by Gasteiger charge is 2.17. The van der Waals surface area contributed by atoms with Gasteiger partial charge in [0.15, 0.2) is 5.69 Å². The van der Waals surface area contributed by atoms with Crippen LogP contribution in [-0.2, 0) is 0 Å². The molecule has 6 nitrogen and oxygen atoms in total.